The van der Waals surface area contributed by atoms with Gasteiger partial charge in [-0.2, -0.15) is 0 Å². The molecule has 0 aromatic carbocycles. The molecule has 0 atom stereocenters. The molecule has 0 bridgehead atoms. The first-order valence-electron chi connectivity index (χ1n) is 11.8. The SMILES string of the molecule is CC(C)(C)OC(=O)C1(CCCCC(=O)CCCCC2(C(=O)OC(C)(C)C)CC2)CC1. The van der Waals surface area contributed by atoms with Gasteiger partial charge in [0.05, 0.1) is 10.8 Å². The van der Waals surface area contributed by atoms with Gasteiger partial charge in [0.15, 0.2) is 0 Å². The van der Waals surface area contributed by atoms with Gasteiger partial charge in [-0.3, -0.25) is 14.4 Å². The zero-order valence-corrected chi connectivity index (χ0v) is 20.0. The first-order valence-corrected chi connectivity index (χ1v) is 11.8. The average Bonchev–Trinajstić information content (AvgIpc) is 3.48. The molecule has 0 aromatic rings. The normalized spacial score (nSPS) is 19.1. The Morgan fingerprint density at radius 2 is 0.967 bits per heavy atom. The van der Waals surface area contributed by atoms with Gasteiger partial charge in [-0.15, -0.1) is 0 Å². The summed E-state index contributed by atoms with van der Waals surface area (Å²) in [5, 5.41) is 0. The van der Waals surface area contributed by atoms with Crippen molar-refractivity contribution in [1.29, 1.82) is 0 Å². The van der Waals surface area contributed by atoms with Gasteiger partial charge in [0, 0.05) is 12.8 Å². The van der Waals surface area contributed by atoms with Crippen LogP contribution < -0.4 is 0 Å². The van der Waals surface area contributed by atoms with E-state index in [0.29, 0.717) is 18.6 Å². The summed E-state index contributed by atoms with van der Waals surface area (Å²) in [5.41, 5.74) is -1.44. The maximum atomic E-state index is 12.3. The van der Waals surface area contributed by atoms with Gasteiger partial charge in [-0.05, 0) is 92.9 Å². The smallest absolute Gasteiger partial charge is 0.312 e. The van der Waals surface area contributed by atoms with Gasteiger partial charge in [-0.1, -0.05) is 12.8 Å². The Morgan fingerprint density at radius 1 is 0.633 bits per heavy atom. The standard InChI is InChI=1S/C25H42O5/c1-22(2,3)29-20(27)24(15-16-24)13-9-7-11-19(26)12-8-10-14-25(17-18-25)21(28)30-23(4,5)6/h7-18H2,1-6H3. The van der Waals surface area contributed by atoms with Crippen LogP contribution in [0.25, 0.3) is 0 Å². The summed E-state index contributed by atoms with van der Waals surface area (Å²) in [6, 6.07) is 0. The Morgan fingerprint density at radius 3 is 1.23 bits per heavy atom. The molecule has 0 spiro atoms. The molecule has 5 nitrogen and oxygen atoms in total. The van der Waals surface area contributed by atoms with Crippen LogP contribution in [0.1, 0.15) is 119 Å². The van der Waals surface area contributed by atoms with Crippen LogP contribution in [0, 0.1) is 10.8 Å². The van der Waals surface area contributed by atoms with Gasteiger partial charge in [-0.25, -0.2) is 0 Å². The Kier molecular flexibility index (Phi) is 7.79. The zero-order valence-electron chi connectivity index (χ0n) is 20.0. The highest BCUT2D eigenvalue weighted by Crippen LogP contribution is 2.52. The van der Waals surface area contributed by atoms with Gasteiger partial charge >= 0.3 is 11.9 Å². The topological polar surface area (TPSA) is 69.7 Å². The molecule has 172 valence electrons. The lowest BCUT2D eigenvalue weighted by molar-refractivity contribution is -0.163. The van der Waals surface area contributed by atoms with E-state index in [1.54, 1.807) is 0 Å². The molecule has 2 saturated carbocycles. The number of rotatable bonds is 12. The van der Waals surface area contributed by atoms with E-state index in [1.165, 1.54) is 0 Å². The number of carbonyl (C=O) groups excluding carboxylic acids is 3. The predicted octanol–water partition coefficient (Wildman–Crippen LogP) is 5.92. The van der Waals surface area contributed by atoms with E-state index in [1.807, 2.05) is 41.5 Å². The molecule has 0 aromatic heterocycles. The number of hydrogen-bond donors (Lipinski definition) is 0. The average molecular weight is 423 g/mol. The van der Waals surface area contributed by atoms with Crippen LogP contribution in [0.3, 0.4) is 0 Å². The molecule has 30 heavy (non-hydrogen) atoms. The molecule has 0 N–H and O–H groups in total. The fourth-order valence-electron chi connectivity index (χ4n) is 3.88. The summed E-state index contributed by atoms with van der Waals surface area (Å²) in [7, 11) is 0. The zero-order chi connectivity index (χ0) is 22.6. The molecular weight excluding hydrogens is 380 g/mol. The maximum Gasteiger partial charge on any atom is 0.312 e. The lowest BCUT2D eigenvalue weighted by Gasteiger charge is -2.23. The third kappa shape index (κ3) is 8.03. The largest absolute Gasteiger partial charge is 0.460 e. The minimum atomic E-state index is -0.439. The quantitative estimate of drug-likeness (QED) is 0.288. The number of hydrogen-bond acceptors (Lipinski definition) is 5. The highest BCUT2D eigenvalue weighted by atomic mass is 16.6. The van der Waals surface area contributed by atoms with Crippen molar-refractivity contribution in [3.05, 3.63) is 0 Å². The first kappa shape index (κ1) is 24.9. The summed E-state index contributed by atoms with van der Waals surface area (Å²) >= 11 is 0. The number of esters is 2. The third-order valence-corrected chi connectivity index (χ3v) is 6.09. The second-order valence-electron chi connectivity index (χ2n) is 11.5. The van der Waals surface area contributed by atoms with Gasteiger partial charge in [0.25, 0.3) is 0 Å². The minimum Gasteiger partial charge on any atom is -0.460 e. The highest BCUT2D eigenvalue weighted by Gasteiger charge is 2.52. The number of ketones is 1. The molecule has 2 rings (SSSR count). The van der Waals surface area contributed by atoms with Gasteiger partial charge < -0.3 is 9.47 Å². The fourth-order valence-corrected chi connectivity index (χ4v) is 3.88. The van der Waals surface area contributed by atoms with E-state index in [9.17, 15) is 14.4 Å². The van der Waals surface area contributed by atoms with Crippen molar-refractivity contribution in [2.24, 2.45) is 10.8 Å². The van der Waals surface area contributed by atoms with Crippen LogP contribution in [0.15, 0.2) is 0 Å². The second-order valence-corrected chi connectivity index (χ2v) is 11.5. The van der Waals surface area contributed by atoms with Crippen molar-refractivity contribution >= 4 is 17.7 Å². The second kappa shape index (κ2) is 9.40. The Balaban J connectivity index is 1.56. The van der Waals surface area contributed by atoms with Crippen LogP contribution in [0.4, 0.5) is 0 Å². The molecule has 2 aliphatic rings. The third-order valence-electron chi connectivity index (χ3n) is 6.09. The lowest BCUT2D eigenvalue weighted by Crippen LogP contribution is -2.29. The van der Waals surface area contributed by atoms with Crippen molar-refractivity contribution in [2.75, 3.05) is 0 Å². The van der Waals surface area contributed by atoms with Crippen LogP contribution in [-0.2, 0) is 23.9 Å². The van der Waals surface area contributed by atoms with E-state index < -0.39 is 11.2 Å². The molecule has 0 saturated heterocycles. The number of ether oxygens (including phenoxy) is 2. The first-order chi connectivity index (χ1) is 13.8. The predicted molar refractivity (Wildman–Crippen MR) is 117 cm³/mol. The van der Waals surface area contributed by atoms with Crippen molar-refractivity contribution in [3.8, 4) is 0 Å². The summed E-state index contributed by atoms with van der Waals surface area (Å²) < 4.78 is 11.1. The Hall–Kier alpha value is -1.39. The van der Waals surface area contributed by atoms with Crippen LogP contribution in [0.5, 0.6) is 0 Å². The van der Waals surface area contributed by atoms with E-state index in [2.05, 4.69) is 0 Å². The molecule has 0 heterocycles. The molecule has 0 unspecified atom stereocenters. The molecule has 2 aliphatic carbocycles. The Bertz CT molecular complexity index is 573. The lowest BCUT2D eigenvalue weighted by atomic mass is 9.95. The molecule has 2 fully saturated rings. The van der Waals surface area contributed by atoms with Crippen molar-refractivity contribution in [1.82, 2.24) is 0 Å². The molecule has 5 heteroatoms. The van der Waals surface area contributed by atoms with Crippen LogP contribution >= 0.6 is 0 Å². The number of Topliss-reactive ketones (excluding diaryl/α,β-unsaturated/α-hetero) is 1. The Labute approximate surface area is 182 Å². The van der Waals surface area contributed by atoms with Gasteiger partial charge in [0.1, 0.15) is 17.0 Å². The molecule has 0 amide bonds. The van der Waals surface area contributed by atoms with E-state index in [0.717, 1.165) is 64.2 Å². The van der Waals surface area contributed by atoms with E-state index >= 15 is 0 Å². The summed E-state index contributed by atoms with van der Waals surface area (Å²) in [4.78, 5) is 36.9. The molecule has 0 radical (unpaired) electrons. The summed E-state index contributed by atoms with van der Waals surface area (Å²) in [6.07, 6.45) is 9.94. The highest BCUT2D eigenvalue weighted by molar-refractivity contribution is 5.81. The van der Waals surface area contributed by atoms with Crippen molar-refractivity contribution in [2.45, 2.75) is 130 Å². The summed E-state index contributed by atoms with van der Waals surface area (Å²) in [6.45, 7) is 11.4. The van der Waals surface area contributed by atoms with E-state index in [4.69, 9.17) is 9.47 Å². The van der Waals surface area contributed by atoms with Crippen molar-refractivity contribution < 1.29 is 23.9 Å². The van der Waals surface area contributed by atoms with E-state index in [-0.39, 0.29) is 22.8 Å². The van der Waals surface area contributed by atoms with Gasteiger partial charge in [0.2, 0.25) is 0 Å². The molecular formula is C25H42O5. The maximum absolute atomic E-state index is 12.3. The van der Waals surface area contributed by atoms with Crippen molar-refractivity contribution in [3.63, 3.8) is 0 Å². The minimum absolute atomic E-state index is 0.0691. The molecule has 0 aliphatic heterocycles. The fraction of sp³-hybridized carbons (Fsp3) is 0.880. The number of unbranched alkanes of at least 4 members (excludes halogenated alkanes) is 2. The van der Waals surface area contributed by atoms with Crippen LogP contribution in [-0.4, -0.2) is 28.9 Å². The monoisotopic (exact) mass is 422 g/mol. The number of carbonyl (C=O) groups is 3. The van der Waals surface area contributed by atoms with Crippen LogP contribution in [0.2, 0.25) is 0 Å². The summed E-state index contributed by atoms with van der Waals surface area (Å²) in [5.74, 6) is 0.153.